The van der Waals surface area contributed by atoms with E-state index in [0.29, 0.717) is 23.9 Å². The first kappa shape index (κ1) is 18.6. The van der Waals surface area contributed by atoms with E-state index in [0.717, 1.165) is 13.1 Å². The van der Waals surface area contributed by atoms with Crippen LogP contribution in [0.25, 0.3) is 0 Å². The van der Waals surface area contributed by atoms with Crippen molar-refractivity contribution in [1.29, 1.82) is 0 Å². The highest BCUT2D eigenvalue weighted by atomic mass is 35.5. The summed E-state index contributed by atoms with van der Waals surface area (Å²) < 4.78 is 5.77. The first-order valence-electron chi connectivity index (χ1n) is 8.98. The Labute approximate surface area is 160 Å². The fourth-order valence-electron chi connectivity index (χ4n) is 3.28. The first-order chi connectivity index (χ1) is 12.5. The van der Waals surface area contributed by atoms with Crippen LogP contribution in [-0.4, -0.2) is 43.1 Å². The van der Waals surface area contributed by atoms with Crippen molar-refractivity contribution in [3.05, 3.63) is 58.6 Å². The molecule has 1 heterocycles. The molecule has 1 saturated heterocycles. The predicted octanol–water partition coefficient (Wildman–Crippen LogP) is 4.07. The second kappa shape index (κ2) is 8.00. The van der Waals surface area contributed by atoms with Gasteiger partial charge in [-0.3, -0.25) is 4.79 Å². The molecule has 2 aromatic rings. The monoisotopic (exact) mass is 372 g/mol. The Bertz CT molecular complexity index is 785. The molecule has 0 aromatic heterocycles. The van der Waals surface area contributed by atoms with Crippen LogP contribution in [0.1, 0.15) is 18.1 Å². The topological polar surface area (TPSA) is 32.8 Å². The largest absolute Gasteiger partial charge is 0.479 e. The van der Waals surface area contributed by atoms with E-state index in [9.17, 15) is 4.79 Å². The van der Waals surface area contributed by atoms with Crippen molar-refractivity contribution in [2.45, 2.75) is 26.9 Å². The zero-order chi connectivity index (χ0) is 18.7. The van der Waals surface area contributed by atoms with Crippen LogP contribution in [0.5, 0.6) is 5.75 Å². The molecule has 0 radical (unpaired) electrons. The number of benzene rings is 2. The number of anilines is 1. The zero-order valence-corrected chi connectivity index (χ0v) is 16.3. The van der Waals surface area contributed by atoms with Crippen molar-refractivity contribution in [2.24, 2.45) is 0 Å². The lowest BCUT2D eigenvalue weighted by atomic mass is 10.1. The number of para-hydroxylation sites is 1. The van der Waals surface area contributed by atoms with Gasteiger partial charge in [-0.05, 0) is 50.1 Å². The number of amides is 1. The third-order valence-electron chi connectivity index (χ3n) is 5.00. The smallest absolute Gasteiger partial charge is 0.263 e. The van der Waals surface area contributed by atoms with E-state index in [1.54, 1.807) is 19.1 Å². The van der Waals surface area contributed by atoms with Crippen LogP contribution in [-0.2, 0) is 4.79 Å². The molecule has 1 fully saturated rings. The summed E-state index contributed by atoms with van der Waals surface area (Å²) in [6.45, 7) is 9.12. The molecular weight excluding hydrogens is 348 g/mol. The molecule has 3 rings (SSSR count). The first-order valence-corrected chi connectivity index (χ1v) is 9.36. The molecule has 1 atom stereocenters. The van der Waals surface area contributed by atoms with Gasteiger partial charge in [-0.2, -0.15) is 0 Å². The van der Waals surface area contributed by atoms with Crippen molar-refractivity contribution < 1.29 is 9.53 Å². The summed E-state index contributed by atoms with van der Waals surface area (Å²) in [7, 11) is 0. The Balaban J connectivity index is 1.60. The fourth-order valence-corrected chi connectivity index (χ4v) is 3.46. The number of aryl methyl sites for hydroxylation is 1. The maximum Gasteiger partial charge on any atom is 0.263 e. The van der Waals surface area contributed by atoms with E-state index >= 15 is 0 Å². The van der Waals surface area contributed by atoms with Crippen molar-refractivity contribution in [3.63, 3.8) is 0 Å². The number of rotatable bonds is 4. The Morgan fingerprint density at radius 3 is 2.42 bits per heavy atom. The number of hydrogen-bond donors (Lipinski definition) is 0. The summed E-state index contributed by atoms with van der Waals surface area (Å²) in [6, 6.07) is 13.6. The average molecular weight is 373 g/mol. The second-order valence-electron chi connectivity index (χ2n) is 6.72. The van der Waals surface area contributed by atoms with Gasteiger partial charge >= 0.3 is 0 Å². The number of carbonyl (C=O) groups is 1. The van der Waals surface area contributed by atoms with Gasteiger partial charge in [0.05, 0.1) is 5.02 Å². The quantitative estimate of drug-likeness (QED) is 0.810. The maximum atomic E-state index is 12.7. The number of piperazine rings is 1. The maximum absolute atomic E-state index is 12.7. The summed E-state index contributed by atoms with van der Waals surface area (Å²) in [5.74, 6) is 0.551. The lowest BCUT2D eigenvalue weighted by Gasteiger charge is -2.38. The standard InChI is InChI=1S/C21H25ClN2O2/c1-15-7-6-9-19(16(15)2)23-11-13-24(14-12-23)21(25)17(3)26-20-10-5-4-8-18(20)22/h4-10,17H,11-14H2,1-3H3/t17-/m0/s1. The fraction of sp³-hybridized carbons (Fsp3) is 0.381. The lowest BCUT2D eigenvalue weighted by molar-refractivity contribution is -0.138. The Morgan fingerprint density at radius 2 is 1.73 bits per heavy atom. The zero-order valence-electron chi connectivity index (χ0n) is 15.5. The number of ether oxygens (including phenoxy) is 1. The van der Waals surface area contributed by atoms with Crippen LogP contribution in [0.4, 0.5) is 5.69 Å². The summed E-state index contributed by atoms with van der Waals surface area (Å²) in [5, 5.41) is 0.520. The van der Waals surface area contributed by atoms with Crippen molar-refractivity contribution in [1.82, 2.24) is 4.90 Å². The van der Waals surface area contributed by atoms with Gasteiger partial charge in [-0.25, -0.2) is 0 Å². The summed E-state index contributed by atoms with van der Waals surface area (Å²) in [4.78, 5) is 16.9. The Kier molecular flexibility index (Phi) is 5.72. The van der Waals surface area contributed by atoms with Gasteiger partial charge in [0.25, 0.3) is 5.91 Å². The van der Waals surface area contributed by atoms with Crippen molar-refractivity contribution in [3.8, 4) is 5.75 Å². The predicted molar refractivity (Wildman–Crippen MR) is 106 cm³/mol. The van der Waals surface area contributed by atoms with Gasteiger partial charge < -0.3 is 14.5 Å². The summed E-state index contributed by atoms with van der Waals surface area (Å²) in [5.41, 5.74) is 3.86. The highest BCUT2D eigenvalue weighted by Crippen LogP contribution is 2.26. The van der Waals surface area contributed by atoms with E-state index in [1.165, 1.54) is 16.8 Å². The van der Waals surface area contributed by atoms with Gasteiger partial charge in [0, 0.05) is 31.9 Å². The normalized spacial score (nSPS) is 15.7. The van der Waals surface area contributed by atoms with Crippen LogP contribution >= 0.6 is 11.6 Å². The molecule has 0 N–H and O–H groups in total. The van der Waals surface area contributed by atoms with Gasteiger partial charge in [-0.1, -0.05) is 35.9 Å². The molecule has 0 unspecified atom stereocenters. The van der Waals surface area contributed by atoms with Crippen LogP contribution in [0.2, 0.25) is 5.02 Å². The average Bonchev–Trinajstić information content (AvgIpc) is 2.65. The molecule has 2 aromatic carbocycles. The number of hydrogen-bond acceptors (Lipinski definition) is 3. The molecule has 0 bridgehead atoms. The van der Waals surface area contributed by atoms with Crippen LogP contribution in [0, 0.1) is 13.8 Å². The van der Waals surface area contributed by atoms with Gasteiger partial charge in [-0.15, -0.1) is 0 Å². The third-order valence-corrected chi connectivity index (χ3v) is 5.31. The Hall–Kier alpha value is -2.20. The van der Waals surface area contributed by atoms with E-state index < -0.39 is 6.10 Å². The molecule has 0 saturated carbocycles. The van der Waals surface area contributed by atoms with E-state index in [2.05, 4.69) is 36.9 Å². The second-order valence-corrected chi connectivity index (χ2v) is 7.13. The highest BCUT2D eigenvalue weighted by molar-refractivity contribution is 6.32. The molecule has 1 aliphatic heterocycles. The van der Waals surface area contributed by atoms with Crippen LogP contribution in [0.15, 0.2) is 42.5 Å². The SMILES string of the molecule is Cc1cccc(N2CCN(C(=O)[C@H](C)Oc3ccccc3Cl)CC2)c1C. The molecule has 4 nitrogen and oxygen atoms in total. The highest BCUT2D eigenvalue weighted by Gasteiger charge is 2.27. The van der Waals surface area contributed by atoms with E-state index in [-0.39, 0.29) is 5.91 Å². The van der Waals surface area contributed by atoms with Gasteiger partial charge in [0.2, 0.25) is 0 Å². The minimum Gasteiger partial charge on any atom is -0.479 e. The van der Waals surface area contributed by atoms with Crippen LogP contribution in [0.3, 0.4) is 0 Å². The number of carbonyl (C=O) groups excluding carboxylic acids is 1. The molecule has 5 heteroatoms. The molecule has 138 valence electrons. The molecular formula is C21H25ClN2O2. The molecule has 1 aliphatic rings. The van der Waals surface area contributed by atoms with E-state index in [1.807, 2.05) is 17.0 Å². The van der Waals surface area contributed by atoms with E-state index in [4.69, 9.17) is 16.3 Å². The van der Waals surface area contributed by atoms with Crippen molar-refractivity contribution >= 4 is 23.2 Å². The summed E-state index contributed by atoms with van der Waals surface area (Å²) >= 11 is 6.12. The minimum absolute atomic E-state index is 0.00512. The van der Waals surface area contributed by atoms with Gasteiger partial charge in [0.1, 0.15) is 5.75 Å². The molecule has 26 heavy (non-hydrogen) atoms. The molecule has 0 spiro atoms. The molecule has 1 amide bonds. The van der Waals surface area contributed by atoms with Crippen molar-refractivity contribution in [2.75, 3.05) is 31.1 Å². The third kappa shape index (κ3) is 3.96. The van der Waals surface area contributed by atoms with Gasteiger partial charge in [0.15, 0.2) is 6.10 Å². The number of nitrogens with zero attached hydrogens (tertiary/aromatic N) is 2. The number of halogens is 1. The van der Waals surface area contributed by atoms with Crippen LogP contribution < -0.4 is 9.64 Å². The summed E-state index contributed by atoms with van der Waals surface area (Å²) in [6.07, 6.45) is -0.554. The Morgan fingerprint density at radius 1 is 1.04 bits per heavy atom. The molecule has 0 aliphatic carbocycles. The minimum atomic E-state index is -0.554. The lowest BCUT2D eigenvalue weighted by Crippen LogP contribution is -2.52.